The molecule has 8 aromatic rings. The number of aryl methyl sites for hydroxylation is 2. The lowest BCUT2D eigenvalue weighted by atomic mass is 9.88. The van der Waals surface area contributed by atoms with Crippen LogP contribution in [0.25, 0.3) is 0 Å². The molecule has 0 aromatic heterocycles. The summed E-state index contributed by atoms with van der Waals surface area (Å²) in [6.07, 6.45) is 36.6. The highest BCUT2D eigenvalue weighted by atomic mass is 79.9. The lowest BCUT2D eigenvalue weighted by Crippen LogP contribution is -2.10. The van der Waals surface area contributed by atoms with Gasteiger partial charge in [0, 0.05) is 89.2 Å². The molecule has 1 N–H and O–H groups in total. The van der Waals surface area contributed by atoms with E-state index in [0.29, 0.717) is 35.5 Å². The van der Waals surface area contributed by atoms with Crippen molar-refractivity contribution in [3.63, 3.8) is 0 Å². The number of hydrogen-bond donors (Lipinski definition) is 1. The lowest BCUT2D eigenvalue weighted by molar-refractivity contribution is 0.751. The molecule has 10 rings (SSSR count). The highest BCUT2D eigenvalue weighted by Crippen LogP contribution is 2.31. The number of nitrogens with zero attached hydrogens (tertiary/aromatic N) is 7. The Balaban J connectivity index is 0.000000431. The van der Waals surface area contributed by atoms with Crippen LogP contribution in [-0.2, 0) is 0 Å². The van der Waals surface area contributed by atoms with Gasteiger partial charge in [-0.3, -0.25) is 0 Å². The highest BCUT2D eigenvalue weighted by molar-refractivity contribution is 9.12. The first-order valence-corrected chi connectivity index (χ1v) is 38.7. The molecule has 0 fully saturated rings. The fourth-order valence-electron chi connectivity index (χ4n) is 11.0. The van der Waals surface area contributed by atoms with E-state index in [1.807, 2.05) is 248 Å². The molecule has 2 aliphatic rings. The first kappa shape index (κ1) is 89.0. The maximum absolute atomic E-state index is 7.97. The monoisotopic (exact) mass is 1630 g/mol. The number of benzene rings is 8. The topological polar surface area (TPSA) is 110 Å². The molecule has 2 unspecified atom stereocenters. The average molecular weight is 1630 g/mol. The quantitative estimate of drug-likeness (QED) is 0.0674. The number of terminal acetylenes is 3. The summed E-state index contributed by atoms with van der Waals surface area (Å²) in [5, 5.41) is 30.4. The third kappa shape index (κ3) is 31.5. The van der Waals surface area contributed by atoms with E-state index in [1.165, 1.54) is 0 Å². The van der Waals surface area contributed by atoms with Gasteiger partial charge >= 0.3 is 0 Å². The molecule has 0 heterocycles. The van der Waals surface area contributed by atoms with Crippen LogP contribution >= 0.6 is 31.9 Å². The van der Waals surface area contributed by atoms with Gasteiger partial charge in [-0.2, -0.15) is 35.8 Å². The predicted molar refractivity (Wildman–Crippen MR) is 492 cm³/mol. The van der Waals surface area contributed by atoms with Gasteiger partial charge in [-0.1, -0.05) is 285 Å². The summed E-state index contributed by atoms with van der Waals surface area (Å²) in [7, 11) is 0. The molecular weight excluding hydrogens is 1550 g/mol. The number of allylic oxidation sites excluding steroid dienone is 19. The van der Waals surface area contributed by atoms with Crippen LogP contribution in [0.2, 0.25) is 0 Å². The molecule has 116 heavy (non-hydrogen) atoms. The van der Waals surface area contributed by atoms with Crippen molar-refractivity contribution in [1.29, 1.82) is 5.53 Å². The SMILES string of the molecule is C#Cc1cc(C#C)cc(C#C)c1.C=C(/C=C(Br)\C(C)=C\Br)N=Nc1ccccc1.C=C(C)/C=C(C)\C=C\C#CC1=CC(N=Nc2ccccc2)CC(C#CC2=CC(C#Cc3cc(N=Nc4ccccc4)cc(C#CC(=C)/C=C(C)\C=C\C)c3C)=CC(C#Cc3cc(N=N)cc(C#Cc4cc(C)cc(C)c4)c3C)C2)=C1C.c1ccccc1. The minimum absolute atomic E-state index is 0.271. The van der Waals surface area contributed by atoms with E-state index in [-0.39, 0.29) is 12.0 Å². The van der Waals surface area contributed by atoms with Crippen LogP contribution in [0, 0.1) is 147 Å². The largest absolute Gasteiger partial charge is 0.204 e. The van der Waals surface area contributed by atoms with Gasteiger partial charge in [0.15, 0.2) is 0 Å². The highest BCUT2D eigenvalue weighted by Gasteiger charge is 2.20. The fraction of sp³-hybridized carbons (Fsp3) is 0.132. The van der Waals surface area contributed by atoms with Gasteiger partial charge in [-0.05, 0) is 235 Å². The molecule has 2 aliphatic carbocycles. The first-order valence-electron chi connectivity index (χ1n) is 37.0. The Kier molecular flexibility index (Phi) is 36.7. The Labute approximate surface area is 704 Å². The van der Waals surface area contributed by atoms with Crippen LogP contribution in [0.3, 0.4) is 0 Å². The standard InChI is InChI=1S/C75H64N6.C13H12Br2N2.C12H6.C6H6/c1-12-21-53(4)39-55(6)28-33-66-49-75(81-79-72-26-17-14-18-27-72)51-70(59(66)10)37-32-64-44-62(30-35-68-47-73(77-76)46-67(60(68)11)34-29-61-41-56(7)40-57(8)42-61)43-63(45-64)31-36-69-50-74(80-78-71-24-15-13-16-25-71)48-65(58(69)9)23-20-19-22-54(5)38-52(2)3;1-10(9-14)13(15)8-11(2)16-17-12-6-4-3-5-7-12;1-4-10-7-11(5-2)9-12(6-3)8-10;1-2-4-6-5-3-1/h12-19,21-22,24-27,38-42,44-49,51,62,74,76H,2,6,43,50H2,1,3-5,7-11H3;3-9H,2H2,1H3;1-3,7-9H;1-6H/b21-12+,22-19+,53-39-,54-38-,77-76?,80-78?,81-79?;10-9+,13-8+,17-16?;;. The van der Waals surface area contributed by atoms with Gasteiger partial charge in [0.05, 0.1) is 40.2 Å². The van der Waals surface area contributed by atoms with E-state index in [4.69, 9.17) is 29.9 Å². The second-order valence-electron chi connectivity index (χ2n) is 26.7. The number of hydrogen-bond acceptors (Lipinski definition) is 8. The van der Waals surface area contributed by atoms with Crippen molar-refractivity contribution in [3.05, 3.63) is 406 Å². The van der Waals surface area contributed by atoms with E-state index in [9.17, 15) is 0 Å². The summed E-state index contributed by atoms with van der Waals surface area (Å²) in [4.78, 5) is 1.83. The molecule has 566 valence electrons. The maximum Gasteiger partial charge on any atom is 0.0954 e. The van der Waals surface area contributed by atoms with Crippen molar-refractivity contribution in [2.45, 2.75) is 88.1 Å². The van der Waals surface area contributed by atoms with Gasteiger partial charge in [0.2, 0.25) is 0 Å². The van der Waals surface area contributed by atoms with Gasteiger partial charge in [0.25, 0.3) is 0 Å². The van der Waals surface area contributed by atoms with Crippen LogP contribution in [0.4, 0.5) is 28.4 Å². The predicted octanol–water partition coefficient (Wildman–Crippen LogP) is 28.2. The van der Waals surface area contributed by atoms with E-state index >= 15 is 0 Å². The summed E-state index contributed by atoms with van der Waals surface area (Å²) in [5.74, 6) is 48.2. The molecule has 0 aliphatic heterocycles. The second-order valence-corrected chi connectivity index (χ2v) is 28.0. The Bertz CT molecular complexity index is 5860. The summed E-state index contributed by atoms with van der Waals surface area (Å²) in [6.45, 7) is 32.2. The average Bonchev–Trinajstić information content (AvgIpc) is 0.828. The molecule has 0 saturated heterocycles. The fourth-order valence-corrected chi connectivity index (χ4v) is 11.9. The molecule has 0 bridgehead atoms. The molecule has 0 saturated carbocycles. The number of azo groups is 3. The summed E-state index contributed by atoms with van der Waals surface area (Å²) in [6, 6.07) is 59.7. The molecular formula is C106H88Br2N8. The maximum atomic E-state index is 7.97. The summed E-state index contributed by atoms with van der Waals surface area (Å²) < 4.78 is 0.923. The van der Waals surface area contributed by atoms with Crippen LogP contribution in [-0.4, -0.2) is 6.04 Å². The number of rotatable bonds is 13. The molecule has 8 aromatic carbocycles. The molecule has 0 radical (unpaired) electrons. The smallest absolute Gasteiger partial charge is 0.0954 e. The van der Waals surface area contributed by atoms with Gasteiger partial charge in [0.1, 0.15) is 0 Å². The minimum Gasteiger partial charge on any atom is -0.204 e. The summed E-state index contributed by atoms with van der Waals surface area (Å²) in [5.41, 5.74) is 31.4. The molecule has 0 amide bonds. The van der Waals surface area contributed by atoms with Gasteiger partial charge in [-0.15, -0.1) is 19.3 Å². The van der Waals surface area contributed by atoms with E-state index in [2.05, 4.69) is 228 Å². The zero-order chi connectivity index (χ0) is 83.6. The van der Waals surface area contributed by atoms with E-state index in [0.717, 1.165) is 138 Å². The third-order valence-electron chi connectivity index (χ3n) is 16.8. The van der Waals surface area contributed by atoms with Crippen LogP contribution < -0.4 is 0 Å². The summed E-state index contributed by atoms with van der Waals surface area (Å²) >= 11 is 6.70. The Hall–Kier alpha value is -14.2. The van der Waals surface area contributed by atoms with Crippen LogP contribution in [0.1, 0.15) is 121 Å². The molecule has 0 spiro atoms. The lowest BCUT2D eigenvalue weighted by Gasteiger charge is -2.17. The first-order chi connectivity index (χ1) is 56.0. The Morgan fingerprint density at radius 1 is 0.509 bits per heavy atom. The van der Waals surface area contributed by atoms with E-state index < -0.39 is 0 Å². The normalized spacial score (nSPS) is 13.6. The zero-order valence-corrected chi connectivity index (χ0v) is 70.2. The third-order valence-corrected chi connectivity index (χ3v) is 18.3. The Morgan fingerprint density at radius 3 is 1.56 bits per heavy atom. The minimum atomic E-state index is -0.278. The molecule has 8 nitrogen and oxygen atoms in total. The van der Waals surface area contributed by atoms with Gasteiger partial charge in [-0.25, -0.2) is 5.53 Å². The van der Waals surface area contributed by atoms with Crippen molar-refractivity contribution < 1.29 is 0 Å². The zero-order valence-electron chi connectivity index (χ0n) is 67.1. The van der Waals surface area contributed by atoms with Crippen molar-refractivity contribution in [2.75, 3.05) is 0 Å². The van der Waals surface area contributed by atoms with Gasteiger partial charge < -0.3 is 0 Å². The number of halogens is 2. The van der Waals surface area contributed by atoms with Crippen LogP contribution in [0.5, 0.6) is 0 Å². The second kappa shape index (κ2) is 47.9. The Morgan fingerprint density at radius 2 is 1.02 bits per heavy atom. The molecule has 2 atom stereocenters. The van der Waals surface area contributed by atoms with Crippen molar-refractivity contribution >= 4 is 60.3 Å². The van der Waals surface area contributed by atoms with Crippen molar-refractivity contribution in [3.8, 4) is 108 Å². The van der Waals surface area contributed by atoms with Crippen molar-refractivity contribution in [2.24, 2.45) is 41.7 Å². The number of nitrogens with one attached hydrogen (secondary N) is 1. The van der Waals surface area contributed by atoms with Crippen LogP contribution in [0.15, 0.2) is 375 Å². The van der Waals surface area contributed by atoms with E-state index in [1.54, 1.807) is 18.2 Å². The van der Waals surface area contributed by atoms with Crippen molar-refractivity contribution in [1.82, 2.24) is 0 Å². The molecule has 10 heteroatoms.